The number of piperidine rings is 1. The molecular weight excluding hydrogens is 984 g/mol. The number of phenolic OH excluding ortho intramolecular Hbond substituents is 1. The van der Waals surface area contributed by atoms with Crippen LogP contribution in [0.1, 0.15) is 86.8 Å². The van der Waals surface area contributed by atoms with Crippen molar-refractivity contribution < 1.29 is 37.4 Å². The summed E-state index contributed by atoms with van der Waals surface area (Å²) in [7, 11) is 3.95. The van der Waals surface area contributed by atoms with Gasteiger partial charge in [0.05, 0.1) is 24.1 Å². The van der Waals surface area contributed by atoms with Crippen LogP contribution in [-0.2, 0) is 44.2 Å². The summed E-state index contributed by atoms with van der Waals surface area (Å²) in [5.74, 6) is -1.02. The average Bonchev–Trinajstić information content (AvgIpc) is 3.94. The van der Waals surface area contributed by atoms with Gasteiger partial charge in [-0.25, -0.2) is 9.29 Å². The van der Waals surface area contributed by atoms with Crippen LogP contribution in [0.5, 0.6) is 11.5 Å². The van der Waals surface area contributed by atoms with Crippen molar-refractivity contribution in [1.29, 1.82) is 5.26 Å². The number of likely N-dealkylation sites (tertiary alicyclic amines) is 2. The second kappa shape index (κ2) is 23.1. The molecule has 3 saturated heterocycles. The van der Waals surface area contributed by atoms with Crippen LogP contribution >= 0.6 is 0 Å². The van der Waals surface area contributed by atoms with E-state index in [1.807, 2.05) is 53.8 Å². The standard InChI is InChI=1S/C60H70F3N9O5/c1-39-51(59(76)72(46-13-15-49(73)16-14-46)55-32-47(35-64)71(40(55)2)60(62)63)34-56(66(39)4)52-29-42-18-21-69(57(74)31-43-12-17-50(33-54(43)61)77-27-26-67-24-22-65(3)23-25-67)36-45(42)30-53(52)58(75)70-37-44-11-7-6-10-41(44)28-48(70)38-68-19-8-5-9-20-68/h6-7,10-17,29-30,33-34,40,47-48,55,60,73H,5,8-9,18-28,31-32,36-38H2,1-4H3/t40?,47?,48-,55?/m0/s1. The fourth-order valence-electron chi connectivity index (χ4n) is 12.4. The molecule has 14 nitrogen and oxygen atoms in total. The maximum absolute atomic E-state index is 15.8. The number of carbonyl (C=O) groups excluding carboxylic acids is 3. The lowest BCUT2D eigenvalue weighted by atomic mass is 9.89. The van der Waals surface area contributed by atoms with Gasteiger partial charge in [0.15, 0.2) is 0 Å². The number of aromatic hydroxyl groups is 1. The Balaban J connectivity index is 0.978. The summed E-state index contributed by atoms with van der Waals surface area (Å²) in [5, 5.41) is 20.3. The van der Waals surface area contributed by atoms with Crippen LogP contribution in [0.2, 0.25) is 0 Å². The number of likely N-dealkylation sites (N-methyl/N-ethyl adjacent to an activating group) is 1. The highest BCUT2D eigenvalue weighted by Crippen LogP contribution is 2.39. The lowest BCUT2D eigenvalue weighted by molar-refractivity contribution is -0.131. The zero-order valence-electron chi connectivity index (χ0n) is 44.6. The van der Waals surface area contributed by atoms with Crippen molar-refractivity contribution in [3.8, 4) is 28.8 Å². The predicted octanol–water partition coefficient (Wildman–Crippen LogP) is 7.88. The van der Waals surface area contributed by atoms with Crippen molar-refractivity contribution in [2.24, 2.45) is 7.05 Å². The summed E-state index contributed by atoms with van der Waals surface area (Å²) < 4.78 is 52.6. The topological polar surface area (TPSA) is 132 Å². The lowest BCUT2D eigenvalue weighted by Gasteiger charge is -2.41. The van der Waals surface area contributed by atoms with E-state index in [0.717, 1.165) is 80.2 Å². The summed E-state index contributed by atoms with van der Waals surface area (Å²) in [5.41, 5.74) is 7.15. The van der Waals surface area contributed by atoms with E-state index in [4.69, 9.17) is 4.74 Å². The van der Waals surface area contributed by atoms with Crippen molar-refractivity contribution in [3.63, 3.8) is 0 Å². The summed E-state index contributed by atoms with van der Waals surface area (Å²) in [6.07, 6.45) is 4.37. The van der Waals surface area contributed by atoms with Crippen molar-refractivity contribution in [3.05, 3.63) is 135 Å². The van der Waals surface area contributed by atoms with Gasteiger partial charge in [-0.05, 0) is 142 Å². The normalized spacial score (nSPS) is 21.4. The first-order valence-electron chi connectivity index (χ1n) is 27.3. The van der Waals surface area contributed by atoms with E-state index in [0.29, 0.717) is 73.0 Å². The zero-order chi connectivity index (χ0) is 54.1. The number of fused-ring (bicyclic) bond motifs is 2. The Bertz CT molecular complexity index is 3020. The van der Waals surface area contributed by atoms with Gasteiger partial charge in [0, 0.05) is 112 Å². The van der Waals surface area contributed by atoms with Gasteiger partial charge in [-0.3, -0.25) is 19.3 Å². The van der Waals surface area contributed by atoms with E-state index in [1.165, 1.54) is 35.1 Å². The molecule has 3 unspecified atom stereocenters. The molecule has 5 aliphatic rings. The van der Waals surface area contributed by atoms with Gasteiger partial charge in [0.2, 0.25) is 5.91 Å². The number of hydrogen-bond donors (Lipinski definition) is 1. The summed E-state index contributed by atoms with van der Waals surface area (Å²) in [6, 6.07) is 23.7. The van der Waals surface area contributed by atoms with Gasteiger partial charge >= 0.3 is 0 Å². The minimum absolute atomic E-state index is 0.0261. The van der Waals surface area contributed by atoms with Crippen LogP contribution in [0.3, 0.4) is 0 Å². The summed E-state index contributed by atoms with van der Waals surface area (Å²) in [4.78, 5) is 58.3. The van der Waals surface area contributed by atoms with E-state index >= 15 is 14.0 Å². The molecule has 406 valence electrons. The van der Waals surface area contributed by atoms with Crippen molar-refractivity contribution in [2.45, 2.75) is 103 Å². The first-order valence-corrected chi connectivity index (χ1v) is 27.3. The molecule has 1 N–H and O–H groups in total. The van der Waals surface area contributed by atoms with Crippen molar-refractivity contribution in [1.82, 2.24) is 34.0 Å². The molecule has 3 amide bonds. The molecule has 1 aromatic heterocycles. The molecule has 77 heavy (non-hydrogen) atoms. The highest BCUT2D eigenvalue weighted by molar-refractivity contribution is 6.09. The predicted molar refractivity (Wildman–Crippen MR) is 288 cm³/mol. The first kappa shape index (κ1) is 53.7. The van der Waals surface area contributed by atoms with E-state index < -0.39 is 36.4 Å². The molecule has 0 spiro atoms. The van der Waals surface area contributed by atoms with Crippen LogP contribution in [0.25, 0.3) is 11.3 Å². The largest absolute Gasteiger partial charge is 0.508 e. The number of ether oxygens (including phenoxy) is 1. The van der Waals surface area contributed by atoms with Crippen LogP contribution in [0.15, 0.2) is 84.9 Å². The third-order valence-corrected chi connectivity index (χ3v) is 17.1. The van der Waals surface area contributed by atoms with Crippen molar-refractivity contribution in [2.75, 3.05) is 77.5 Å². The van der Waals surface area contributed by atoms with Gasteiger partial charge in [-0.1, -0.05) is 36.8 Å². The third kappa shape index (κ3) is 11.3. The molecule has 6 heterocycles. The van der Waals surface area contributed by atoms with Gasteiger partial charge in [-0.15, -0.1) is 0 Å². The van der Waals surface area contributed by atoms with E-state index in [1.54, 1.807) is 42.2 Å². The molecule has 0 saturated carbocycles. The van der Waals surface area contributed by atoms with Crippen LogP contribution < -0.4 is 9.64 Å². The number of anilines is 1. The minimum Gasteiger partial charge on any atom is -0.508 e. The number of hydrogen-bond acceptors (Lipinski definition) is 10. The quantitative estimate of drug-likeness (QED) is 0.110. The number of amides is 3. The Morgan fingerprint density at radius 3 is 2.27 bits per heavy atom. The Kier molecular flexibility index (Phi) is 16.1. The van der Waals surface area contributed by atoms with Crippen LogP contribution in [0, 0.1) is 24.1 Å². The SMILES string of the molecule is Cc1c(C(=O)N(c2ccc(O)cc2)C2CC(C#N)N(C(F)F)C2C)cc(-c2cc3c(cc2C(=O)N2Cc4ccccc4C[C@H]2CN2CCCCC2)CN(C(=O)Cc2ccc(OCCN4CCN(C)CC4)cc2F)CC3)n1C. The highest BCUT2D eigenvalue weighted by atomic mass is 19.3. The fraction of sp³-hybridized carbons (Fsp3) is 0.467. The van der Waals surface area contributed by atoms with Crippen LogP contribution in [0.4, 0.5) is 18.9 Å². The molecule has 3 fully saturated rings. The number of aromatic nitrogens is 1. The van der Waals surface area contributed by atoms with Gasteiger partial charge in [0.1, 0.15) is 30.0 Å². The van der Waals surface area contributed by atoms with Crippen molar-refractivity contribution >= 4 is 23.4 Å². The van der Waals surface area contributed by atoms with Gasteiger partial charge in [0.25, 0.3) is 18.4 Å². The Labute approximate surface area is 449 Å². The van der Waals surface area contributed by atoms with E-state index in [9.17, 15) is 23.9 Å². The van der Waals surface area contributed by atoms with E-state index in [-0.39, 0.29) is 54.1 Å². The maximum atomic E-state index is 15.8. The molecule has 17 heteroatoms. The summed E-state index contributed by atoms with van der Waals surface area (Å²) >= 11 is 0. The molecular formula is C60H70F3N9O5. The van der Waals surface area contributed by atoms with Gasteiger partial charge in [-0.2, -0.15) is 14.0 Å². The number of benzene rings is 4. The number of halogens is 3. The van der Waals surface area contributed by atoms with E-state index in [2.05, 4.69) is 33.9 Å². The molecule has 4 atom stereocenters. The second-order valence-electron chi connectivity index (χ2n) is 21.8. The molecule has 0 radical (unpaired) electrons. The number of rotatable bonds is 14. The molecule has 0 aliphatic carbocycles. The number of nitriles is 1. The average molecular weight is 1050 g/mol. The number of carbonyl (C=O) groups is 3. The smallest absolute Gasteiger partial charge is 0.296 e. The first-order chi connectivity index (χ1) is 37.1. The Morgan fingerprint density at radius 2 is 1.57 bits per heavy atom. The number of alkyl halides is 2. The number of phenols is 1. The number of piperazine rings is 1. The second-order valence-corrected chi connectivity index (χ2v) is 21.8. The highest BCUT2D eigenvalue weighted by Gasteiger charge is 2.48. The fourth-order valence-corrected chi connectivity index (χ4v) is 12.4. The Hall–Kier alpha value is -6.71. The molecule has 4 aromatic carbocycles. The summed E-state index contributed by atoms with van der Waals surface area (Å²) in [6.45, 7) is 9.19. The number of nitrogens with zero attached hydrogens (tertiary/aromatic N) is 9. The Morgan fingerprint density at radius 1 is 0.831 bits per heavy atom. The van der Waals surface area contributed by atoms with Crippen LogP contribution in [-0.4, -0.2) is 160 Å². The third-order valence-electron chi connectivity index (χ3n) is 17.1. The minimum atomic E-state index is -2.93. The molecule has 5 aromatic rings. The zero-order valence-corrected chi connectivity index (χ0v) is 44.6. The van der Waals surface area contributed by atoms with Gasteiger partial charge < -0.3 is 38.9 Å². The molecule has 5 aliphatic heterocycles. The molecule has 0 bridgehead atoms. The molecule has 10 rings (SSSR count). The monoisotopic (exact) mass is 1050 g/mol. The lowest BCUT2D eigenvalue weighted by Crippen LogP contribution is -2.51. The maximum Gasteiger partial charge on any atom is 0.296 e.